The van der Waals surface area contributed by atoms with Gasteiger partial charge in [0.1, 0.15) is 5.02 Å². The topological polar surface area (TPSA) is 48.8 Å². The van der Waals surface area contributed by atoms with E-state index in [2.05, 4.69) is 10.0 Å². The molecular formula is C7H2ClF4N3. The minimum Gasteiger partial charge on any atom is -0.203 e. The monoisotopic (exact) mass is 239 g/mol. The molecule has 0 amide bonds. The van der Waals surface area contributed by atoms with Crippen molar-refractivity contribution in [2.24, 2.45) is 5.11 Å². The van der Waals surface area contributed by atoms with E-state index in [0.29, 0.717) is 0 Å². The van der Waals surface area contributed by atoms with Crippen molar-refractivity contribution in [1.29, 1.82) is 0 Å². The molecule has 0 aliphatic carbocycles. The molecule has 0 aliphatic rings. The van der Waals surface area contributed by atoms with Gasteiger partial charge >= 0.3 is 0 Å². The number of nitrogens with zero attached hydrogens (tertiary/aromatic N) is 3. The first-order valence-electron chi connectivity index (χ1n) is 3.51. The third-order valence-electron chi connectivity index (χ3n) is 1.59. The van der Waals surface area contributed by atoms with Crippen molar-refractivity contribution in [1.82, 2.24) is 0 Å². The van der Waals surface area contributed by atoms with Crippen LogP contribution in [0.3, 0.4) is 0 Å². The molecule has 0 bridgehead atoms. The Hall–Kier alpha value is -1.46. The molecule has 0 aromatic heterocycles. The number of azide groups is 1. The Balaban J connectivity index is 3.44. The van der Waals surface area contributed by atoms with Crippen LogP contribution in [-0.4, -0.2) is 0 Å². The van der Waals surface area contributed by atoms with Gasteiger partial charge in [0.2, 0.25) is 0 Å². The van der Waals surface area contributed by atoms with E-state index in [0.717, 1.165) is 0 Å². The summed E-state index contributed by atoms with van der Waals surface area (Å²) in [5.74, 6) is -6.74. The van der Waals surface area contributed by atoms with E-state index in [1.165, 1.54) is 0 Å². The van der Waals surface area contributed by atoms with Gasteiger partial charge in [-0.1, -0.05) is 16.7 Å². The SMILES string of the molecule is [N-]=[N+]=NCc1c(F)c(F)c(Cl)c(F)c1F. The quantitative estimate of drug-likeness (QED) is 0.189. The van der Waals surface area contributed by atoms with Gasteiger partial charge in [-0.15, -0.1) is 0 Å². The Bertz CT molecular complexity index is 427. The second-order valence-electron chi connectivity index (χ2n) is 2.44. The van der Waals surface area contributed by atoms with Gasteiger partial charge in [0.15, 0.2) is 23.3 Å². The van der Waals surface area contributed by atoms with E-state index in [1.807, 2.05) is 0 Å². The average Bonchev–Trinajstić information content (AvgIpc) is 2.24. The maximum Gasteiger partial charge on any atom is 0.180 e. The highest BCUT2D eigenvalue weighted by Gasteiger charge is 2.23. The summed E-state index contributed by atoms with van der Waals surface area (Å²) < 4.78 is 51.6. The smallest absolute Gasteiger partial charge is 0.180 e. The van der Waals surface area contributed by atoms with E-state index >= 15 is 0 Å². The lowest BCUT2D eigenvalue weighted by molar-refractivity contribution is 0.440. The predicted molar refractivity (Wildman–Crippen MR) is 44.1 cm³/mol. The van der Waals surface area contributed by atoms with Crippen LogP contribution in [0, 0.1) is 23.3 Å². The lowest BCUT2D eigenvalue weighted by Gasteiger charge is -2.05. The molecule has 0 fully saturated rings. The summed E-state index contributed by atoms with van der Waals surface area (Å²) >= 11 is 4.96. The summed E-state index contributed by atoms with van der Waals surface area (Å²) in [5.41, 5.74) is 6.91. The third kappa shape index (κ3) is 1.98. The Morgan fingerprint density at radius 1 is 1.07 bits per heavy atom. The Morgan fingerprint density at radius 3 is 1.93 bits per heavy atom. The molecule has 1 aromatic rings. The second kappa shape index (κ2) is 4.37. The van der Waals surface area contributed by atoms with Crippen LogP contribution in [0.5, 0.6) is 0 Å². The summed E-state index contributed by atoms with van der Waals surface area (Å²) in [6.07, 6.45) is 0. The van der Waals surface area contributed by atoms with E-state index in [1.54, 1.807) is 0 Å². The molecule has 1 aromatic carbocycles. The zero-order chi connectivity index (χ0) is 11.6. The van der Waals surface area contributed by atoms with E-state index in [-0.39, 0.29) is 0 Å². The molecule has 0 radical (unpaired) electrons. The molecule has 80 valence electrons. The van der Waals surface area contributed by atoms with Crippen LogP contribution in [0.4, 0.5) is 17.6 Å². The van der Waals surface area contributed by atoms with E-state index in [4.69, 9.17) is 17.1 Å². The van der Waals surface area contributed by atoms with Crippen molar-refractivity contribution in [3.63, 3.8) is 0 Å². The Morgan fingerprint density at radius 2 is 1.53 bits per heavy atom. The zero-order valence-electron chi connectivity index (χ0n) is 6.94. The summed E-state index contributed by atoms with van der Waals surface area (Å²) in [6.45, 7) is -0.834. The molecule has 0 atom stereocenters. The van der Waals surface area contributed by atoms with Crippen LogP contribution >= 0.6 is 11.6 Å². The lowest BCUT2D eigenvalue weighted by Crippen LogP contribution is -2.03. The zero-order valence-corrected chi connectivity index (χ0v) is 7.69. The highest BCUT2D eigenvalue weighted by molar-refractivity contribution is 6.30. The fourth-order valence-electron chi connectivity index (χ4n) is 0.892. The Kier molecular flexibility index (Phi) is 3.39. The van der Waals surface area contributed by atoms with Crippen molar-refractivity contribution in [3.8, 4) is 0 Å². The van der Waals surface area contributed by atoms with Gasteiger partial charge in [-0.2, -0.15) is 0 Å². The van der Waals surface area contributed by atoms with Crippen LogP contribution in [0.2, 0.25) is 5.02 Å². The van der Waals surface area contributed by atoms with Crippen molar-refractivity contribution in [2.75, 3.05) is 0 Å². The largest absolute Gasteiger partial charge is 0.203 e. The molecule has 0 saturated heterocycles. The van der Waals surface area contributed by atoms with Gasteiger partial charge in [-0.05, 0) is 5.53 Å². The number of rotatable bonds is 2. The van der Waals surface area contributed by atoms with E-state index in [9.17, 15) is 17.6 Å². The maximum absolute atomic E-state index is 13.0. The summed E-state index contributed by atoms with van der Waals surface area (Å²) in [4.78, 5) is 2.21. The normalized spacial score (nSPS) is 9.93. The molecule has 0 unspecified atom stereocenters. The number of benzene rings is 1. The molecule has 0 spiro atoms. The van der Waals surface area contributed by atoms with Crippen LogP contribution in [0.25, 0.3) is 10.4 Å². The van der Waals surface area contributed by atoms with E-state index < -0.39 is 40.4 Å². The van der Waals surface area contributed by atoms with Gasteiger partial charge in [-0.25, -0.2) is 17.6 Å². The van der Waals surface area contributed by atoms with Crippen molar-refractivity contribution < 1.29 is 17.6 Å². The molecule has 0 saturated carbocycles. The number of halogens is 5. The van der Waals surface area contributed by atoms with Crippen LogP contribution in [0.15, 0.2) is 5.11 Å². The number of hydrogen-bond acceptors (Lipinski definition) is 1. The van der Waals surface area contributed by atoms with Crippen molar-refractivity contribution >= 4 is 11.6 Å². The van der Waals surface area contributed by atoms with Crippen molar-refractivity contribution in [2.45, 2.75) is 6.54 Å². The number of hydrogen-bond donors (Lipinski definition) is 0. The van der Waals surface area contributed by atoms with Crippen LogP contribution in [-0.2, 0) is 6.54 Å². The summed E-state index contributed by atoms with van der Waals surface area (Å²) in [5, 5.41) is 1.53. The first-order chi connectivity index (χ1) is 7.00. The molecule has 0 heterocycles. The van der Waals surface area contributed by atoms with Gasteiger partial charge < -0.3 is 0 Å². The maximum atomic E-state index is 13.0. The summed E-state index contributed by atoms with van der Waals surface area (Å²) in [6, 6.07) is 0. The molecular weight excluding hydrogens is 238 g/mol. The lowest BCUT2D eigenvalue weighted by atomic mass is 10.2. The molecule has 15 heavy (non-hydrogen) atoms. The first-order valence-corrected chi connectivity index (χ1v) is 3.89. The Labute approximate surface area is 85.9 Å². The minimum atomic E-state index is -1.71. The van der Waals surface area contributed by atoms with Crippen LogP contribution < -0.4 is 0 Å². The highest BCUT2D eigenvalue weighted by Crippen LogP contribution is 2.28. The fraction of sp³-hybridized carbons (Fsp3) is 0.143. The van der Waals surface area contributed by atoms with Gasteiger partial charge in [-0.3, -0.25) is 0 Å². The minimum absolute atomic E-state index is 0.834. The molecule has 0 aliphatic heterocycles. The average molecular weight is 240 g/mol. The van der Waals surface area contributed by atoms with Gasteiger partial charge in [0.25, 0.3) is 0 Å². The first kappa shape index (κ1) is 11.6. The highest BCUT2D eigenvalue weighted by atomic mass is 35.5. The van der Waals surface area contributed by atoms with Crippen LogP contribution in [0.1, 0.15) is 5.56 Å². The predicted octanol–water partition coefficient (Wildman–Crippen LogP) is 3.71. The molecule has 3 nitrogen and oxygen atoms in total. The van der Waals surface area contributed by atoms with Gasteiger partial charge in [0.05, 0.1) is 6.54 Å². The summed E-state index contributed by atoms with van der Waals surface area (Å²) in [7, 11) is 0. The van der Waals surface area contributed by atoms with Crippen molar-refractivity contribution in [3.05, 3.63) is 44.3 Å². The molecule has 0 N–H and O–H groups in total. The fourth-order valence-corrected chi connectivity index (χ4v) is 1.06. The molecule has 8 heteroatoms. The standard InChI is InChI=1S/C7H2ClF4N3/c8-3-6(11)4(9)2(1-14-15-13)5(10)7(3)12/h1H2. The second-order valence-corrected chi connectivity index (χ2v) is 2.82. The third-order valence-corrected chi connectivity index (χ3v) is 1.92. The van der Waals surface area contributed by atoms with Gasteiger partial charge in [0, 0.05) is 10.5 Å². The molecule has 1 rings (SSSR count).